The Bertz CT molecular complexity index is 358. The number of rotatable bonds is 2. The van der Waals surface area contributed by atoms with Gasteiger partial charge in [0.05, 0.1) is 12.7 Å². The van der Waals surface area contributed by atoms with Crippen LogP contribution in [-0.2, 0) is 17.0 Å². The fraction of sp³-hybridized carbons (Fsp3) is 0.273. The molecule has 1 aliphatic rings. The van der Waals surface area contributed by atoms with E-state index < -0.39 is 23.1 Å². The number of fused-ring (bicyclic) bond motifs is 1. The Morgan fingerprint density at radius 1 is 1.31 bits per heavy atom. The molecule has 0 saturated carbocycles. The second kappa shape index (κ2) is 7.49. The summed E-state index contributed by atoms with van der Waals surface area (Å²) in [5, 5.41) is 18.3. The van der Waals surface area contributed by atoms with Gasteiger partial charge in [0.15, 0.2) is 0 Å². The maximum absolute atomic E-state index is 9.50. The van der Waals surface area contributed by atoms with Gasteiger partial charge in [-0.3, -0.25) is 0 Å². The molecule has 86 valence electrons. The third-order valence-electron chi connectivity index (χ3n) is 2.44. The van der Waals surface area contributed by atoms with Crippen LogP contribution in [0, 0.1) is 0 Å². The molecular weight excluding hydrogens is 283 g/mol. The van der Waals surface area contributed by atoms with E-state index in [1.165, 1.54) is 0 Å². The monoisotopic (exact) mass is 294 g/mol. The van der Waals surface area contributed by atoms with Gasteiger partial charge in [0.1, 0.15) is 0 Å². The molecule has 1 aliphatic carbocycles. The van der Waals surface area contributed by atoms with Gasteiger partial charge in [-0.2, -0.15) is 0 Å². The third kappa shape index (κ3) is 3.59. The Labute approximate surface area is 112 Å². The van der Waals surface area contributed by atoms with Crippen molar-refractivity contribution in [1.82, 2.24) is 0 Å². The van der Waals surface area contributed by atoms with Crippen molar-refractivity contribution < 1.29 is 27.2 Å². The topological polar surface area (TPSA) is 40.5 Å². The molecule has 0 spiro atoms. The summed E-state index contributed by atoms with van der Waals surface area (Å²) >= 11 is -0.556. The van der Waals surface area contributed by atoms with Crippen molar-refractivity contribution in [1.29, 1.82) is 0 Å². The van der Waals surface area contributed by atoms with Gasteiger partial charge in [0.25, 0.3) is 0 Å². The van der Waals surface area contributed by atoms with Crippen molar-refractivity contribution in [2.45, 2.75) is 12.0 Å². The first-order valence-corrected chi connectivity index (χ1v) is 9.06. The molecule has 0 bridgehead atoms. The van der Waals surface area contributed by atoms with Crippen molar-refractivity contribution in [3.8, 4) is 0 Å². The molecule has 1 aromatic carbocycles. The van der Waals surface area contributed by atoms with Crippen LogP contribution in [0.2, 0.25) is 0 Å². The maximum atomic E-state index is 9.50. The second-order valence-corrected chi connectivity index (χ2v) is 5.91. The van der Waals surface area contributed by atoms with Gasteiger partial charge >= 0.3 is 35.6 Å². The zero-order valence-electron chi connectivity index (χ0n) is 8.48. The number of hydrogen-bond donors (Lipinski definition) is 2. The molecule has 2 unspecified atom stereocenters. The van der Waals surface area contributed by atoms with E-state index in [4.69, 9.17) is 23.7 Å². The first-order valence-electron chi connectivity index (χ1n) is 4.77. The van der Waals surface area contributed by atoms with Gasteiger partial charge in [-0.15, -0.1) is 0 Å². The van der Waals surface area contributed by atoms with Crippen LogP contribution in [0.4, 0.5) is 0 Å². The number of halogens is 2. The van der Waals surface area contributed by atoms with E-state index >= 15 is 0 Å². The molecule has 0 radical (unpaired) electrons. The molecule has 1 aromatic rings. The van der Waals surface area contributed by atoms with Gasteiger partial charge in [-0.1, -0.05) is 36.4 Å². The molecule has 2 rings (SSSR count). The Kier molecular flexibility index (Phi) is 6.66. The van der Waals surface area contributed by atoms with Crippen LogP contribution >= 0.6 is 18.6 Å². The number of aliphatic hydroxyl groups excluding tert-OH is 2. The molecule has 0 fully saturated rings. The average Bonchev–Trinajstić information content (AvgIpc) is 2.73. The van der Waals surface area contributed by atoms with Crippen LogP contribution in [0.15, 0.2) is 30.3 Å². The molecule has 2 atom stereocenters. The quantitative estimate of drug-likeness (QED) is 0.823. The summed E-state index contributed by atoms with van der Waals surface area (Å²) < 4.78 is 0. The summed E-state index contributed by atoms with van der Waals surface area (Å²) in [6.45, 7) is -0.191. The molecule has 16 heavy (non-hydrogen) atoms. The summed E-state index contributed by atoms with van der Waals surface area (Å²) in [7, 11) is 9.78. The number of hydrogen-bond acceptors (Lipinski definition) is 2. The molecule has 2 N–H and O–H groups in total. The summed E-state index contributed by atoms with van der Waals surface area (Å²) in [4.78, 5) is 0. The Hall–Kier alpha value is 0.174. The van der Waals surface area contributed by atoms with E-state index in [0.717, 1.165) is 11.1 Å². The van der Waals surface area contributed by atoms with Gasteiger partial charge < -0.3 is 10.2 Å². The fourth-order valence-corrected chi connectivity index (χ4v) is 1.73. The number of benzene rings is 1. The Morgan fingerprint density at radius 2 is 1.94 bits per heavy atom. The van der Waals surface area contributed by atoms with Crippen LogP contribution in [0.25, 0.3) is 6.08 Å². The first kappa shape index (κ1) is 14.2. The minimum absolute atomic E-state index is 0.0406. The zero-order valence-corrected chi connectivity index (χ0v) is 11.5. The normalized spacial score (nSPS) is 18.4. The average molecular weight is 295 g/mol. The minimum atomic E-state index is -0.681. The Morgan fingerprint density at radius 3 is 2.56 bits per heavy atom. The molecule has 0 amide bonds. The van der Waals surface area contributed by atoms with Crippen molar-refractivity contribution >= 4 is 24.7 Å². The van der Waals surface area contributed by atoms with Crippen molar-refractivity contribution in [2.24, 2.45) is 0 Å². The van der Waals surface area contributed by atoms with Crippen molar-refractivity contribution in [3.63, 3.8) is 0 Å². The predicted octanol–water partition coefficient (Wildman–Crippen LogP) is 2.53. The van der Waals surface area contributed by atoms with Crippen LogP contribution in [0.5, 0.6) is 0 Å². The standard InChI is InChI=1S/C11H12O2.2ClH.Ti/c12-7-11(13)10-6-5-8-3-1-2-4-9(8)10;;;/h1-6,10-13H,7H2;2*1H;/q;;;+2/p-2. The SMILES string of the molecule is OCC(O)C1C=Cc2ccccc21.[Cl][Ti][Cl]. The van der Waals surface area contributed by atoms with Crippen LogP contribution in [0.3, 0.4) is 0 Å². The molecule has 0 aromatic heterocycles. The van der Waals surface area contributed by atoms with Gasteiger partial charge in [-0.25, -0.2) is 0 Å². The molecular formula is C11H12Cl2O2Ti. The molecule has 2 nitrogen and oxygen atoms in total. The van der Waals surface area contributed by atoms with Crippen LogP contribution in [-0.4, -0.2) is 22.9 Å². The Balaban J connectivity index is 0.000000386. The van der Waals surface area contributed by atoms with Crippen LogP contribution in [0.1, 0.15) is 17.0 Å². The van der Waals surface area contributed by atoms with Crippen LogP contribution < -0.4 is 0 Å². The first-order chi connectivity index (χ1) is 7.74. The van der Waals surface area contributed by atoms with E-state index in [-0.39, 0.29) is 12.5 Å². The van der Waals surface area contributed by atoms with Crippen molar-refractivity contribution in [3.05, 3.63) is 41.5 Å². The summed E-state index contributed by atoms with van der Waals surface area (Å²) in [6.07, 6.45) is 3.24. The molecule has 0 saturated heterocycles. The van der Waals surface area contributed by atoms with Gasteiger partial charge in [-0.05, 0) is 11.1 Å². The van der Waals surface area contributed by atoms with E-state index in [9.17, 15) is 5.11 Å². The van der Waals surface area contributed by atoms with E-state index in [1.54, 1.807) is 0 Å². The third-order valence-corrected chi connectivity index (χ3v) is 2.44. The number of aliphatic hydroxyl groups is 2. The van der Waals surface area contributed by atoms with E-state index in [2.05, 4.69) is 0 Å². The summed E-state index contributed by atoms with van der Waals surface area (Å²) in [5.74, 6) is -0.0406. The van der Waals surface area contributed by atoms with Crippen molar-refractivity contribution in [2.75, 3.05) is 6.61 Å². The van der Waals surface area contributed by atoms with Gasteiger partial charge in [0, 0.05) is 5.92 Å². The fourth-order valence-electron chi connectivity index (χ4n) is 1.73. The predicted molar refractivity (Wildman–Crippen MR) is 63.0 cm³/mol. The van der Waals surface area contributed by atoms with Gasteiger partial charge in [0.2, 0.25) is 0 Å². The summed E-state index contributed by atoms with van der Waals surface area (Å²) in [6, 6.07) is 7.91. The van der Waals surface area contributed by atoms with E-state index in [0.29, 0.717) is 0 Å². The second-order valence-electron chi connectivity index (χ2n) is 3.34. The molecule has 0 aliphatic heterocycles. The zero-order chi connectivity index (χ0) is 12.0. The van der Waals surface area contributed by atoms with E-state index in [1.807, 2.05) is 36.4 Å². The molecule has 0 heterocycles. The summed E-state index contributed by atoms with van der Waals surface area (Å²) in [5.41, 5.74) is 2.24. The molecule has 5 heteroatoms.